The van der Waals surface area contributed by atoms with Crippen LogP contribution in [0.1, 0.15) is 23.7 Å². The maximum Gasteiger partial charge on any atom is 0.227 e. The lowest BCUT2D eigenvalue weighted by Crippen LogP contribution is -2.16. The molecule has 2 aromatic rings. The minimum absolute atomic E-state index is 0.114. The highest BCUT2D eigenvalue weighted by Crippen LogP contribution is 2.19. The van der Waals surface area contributed by atoms with Crippen molar-refractivity contribution in [2.45, 2.75) is 19.4 Å². The van der Waals surface area contributed by atoms with E-state index in [2.05, 4.69) is 5.32 Å². The first-order valence-corrected chi connectivity index (χ1v) is 6.35. The van der Waals surface area contributed by atoms with Crippen LogP contribution in [-0.4, -0.2) is 11.0 Å². The predicted molar refractivity (Wildman–Crippen MR) is 75.8 cm³/mol. The molecule has 3 nitrogen and oxygen atoms in total. The zero-order valence-electron chi connectivity index (χ0n) is 11.1. The van der Waals surface area contributed by atoms with Crippen molar-refractivity contribution in [2.75, 3.05) is 5.32 Å². The Bertz CT molecular complexity index is 599. The van der Waals surface area contributed by atoms with Crippen LogP contribution in [0.4, 0.5) is 10.1 Å². The zero-order chi connectivity index (χ0) is 14.5. The van der Waals surface area contributed by atoms with Gasteiger partial charge in [-0.15, -0.1) is 0 Å². The first kappa shape index (κ1) is 14.2. The van der Waals surface area contributed by atoms with Gasteiger partial charge >= 0.3 is 0 Å². The largest absolute Gasteiger partial charge is 0.388 e. The molecule has 20 heavy (non-hydrogen) atoms. The second-order valence-electron chi connectivity index (χ2n) is 4.66. The Labute approximate surface area is 117 Å². The summed E-state index contributed by atoms with van der Waals surface area (Å²) >= 11 is 0. The maximum atomic E-state index is 13.5. The van der Waals surface area contributed by atoms with Crippen LogP contribution < -0.4 is 5.32 Å². The van der Waals surface area contributed by atoms with Gasteiger partial charge in [0.25, 0.3) is 0 Å². The van der Waals surface area contributed by atoms with Crippen molar-refractivity contribution in [1.82, 2.24) is 0 Å². The molecule has 2 N–H and O–H groups in total. The Kier molecular flexibility index (Phi) is 4.48. The van der Waals surface area contributed by atoms with Crippen molar-refractivity contribution >= 4 is 11.6 Å². The van der Waals surface area contributed by atoms with Crippen LogP contribution >= 0.6 is 0 Å². The lowest BCUT2D eigenvalue weighted by molar-refractivity contribution is -0.118. The molecule has 0 aromatic heterocycles. The summed E-state index contributed by atoms with van der Waals surface area (Å²) < 4.78 is 13.5. The third-order valence-electron chi connectivity index (χ3n) is 2.96. The lowest BCUT2D eigenvalue weighted by Gasteiger charge is -2.12. The Morgan fingerprint density at radius 2 is 1.95 bits per heavy atom. The Morgan fingerprint density at radius 3 is 2.65 bits per heavy atom. The van der Waals surface area contributed by atoms with E-state index in [0.717, 1.165) is 5.56 Å². The van der Waals surface area contributed by atoms with E-state index < -0.39 is 17.8 Å². The molecular formula is C16H16FNO2. The number of anilines is 1. The van der Waals surface area contributed by atoms with Gasteiger partial charge in [0.1, 0.15) is 5.82 Å². The third-order valence-corrected chi connectivity index (χ3v) is 2.96. The van der Waals surface area contributed by atoms with Crippen LogP contribution in [0.25, 0.3) is 0 Å². The van der Waals surface area contributed by atoms with Gasteiger partial charge in [0.15, 0.2) is 0 Å². The molecule has 0 radical (unpaired) electrons. The Hall–Kier alpha value is -2.20. The van der Waals surface area contributed by atoms with E-state index in [0.29, 0.717) is 5.56 Å². The number of hydrogen-bond acceptors (Lipinski definition) is 2. The molecule has 4 heteroatoms. The molecule has 1 unspecified atom stereocenters. The second-order valence-corrected chi connectivity index (χ2v) is 4.66. The number of amides is 1. The Morgan fingerprint density at radius 1 is 1.25 bits per heavy atom. The molecule has 104 valence electrons. The number of halogens is 1. The lowest BCUT2D eigenvalue weighted by atomic mass is 10.1. The minimum Gasteiger partial charge on any atom is -0.388 e. The van der Waals surface area contributed by atoms with E-state index in [-0.39, 0.29) is 12.1 Å². The van der Waals surface area contributed by atoms with Gasteiger partial charge < -0.3 is 10.4 Å². The monoisotopic (exact) mass is 273 g/mol. The molecule has 0 fully saturated rings. The summed E-state index contributed by atoms with van der Waals surface area (Å²) in [7, 11) is 0. The van der Waals surface area contributed by atoms with Gasteiger partial charge in [0.2, 0.25) is 5.91 Å². The quantitative estimate of drug-likeness (QED) is 0.898. The summed E-state index contributed by atoms with van der Waals surface area (Å²) in [6.45, 7) is 1.81. The number of carbonyl (C=O) groups is 1. The second kappa shape index (κ2) is 6.30. The van der Waals surface area contributed by atoms with Gasteiger partial charge in [-0.1, -0.05) is 36.4 Å². The van der Waals surface area contributed by atoms with Crippen molar-refractivity contribution in [1.29, 1.82) is 0 Å². The highest BCUT2D eigenvalue weighted by molar-refractivity contribution is 5.91. The first-order chi connectivity index (χ1) is 9.56. The summed E-state index contributed by atoms with van der Waals surface area (Å²) in [5, 5.41) is 12.4. The van der Waals surface area contributed by atoms with E-state index in [1.165, 1.54) is 6.07 Å². The molecule has 0 heterocycles. The number of nitrogens with one attached hydrogen (secondary N) is 1. The van der Waals surface area contributed by atoms with Gasteiger partial charge in [0, 0.05) is 0 Å². The number of aliphatic hydroxyl groups is 1. The van der Waals surface area contributed by atoms with Gasteiger partial charge in [-0.05, 0) is 30.2 Å². The van der Waals surface area contributed by atoms with Crippen LogP contribution in [0, 0.1) is 12.7 Å². The molecular weight excluding hydrogens is 257 g/mol. The smallest absolute Gasteiger partial charge is 0.227 e. The zero-order valence-corrected chi connectivity index (χ0v) is 11.1. The van der Waals surface area contributed by atoms with E-state index in [9.17, 15) is 14.3 Å². The molecule has 1 atom stereocenters. The van der Waals surface area contributed by atoms with Crippen molar-refractivity contribution < 1.29 is 14.3 Å². The van der Waals surface area contributed by atoms with Gasteiger partial charge in [-0.25, -0.2) is 4.39 Å². The molecule has 2 rings (SSSR count). The Balaban J connectivity index is 2.01. The number of rotatable bonds is 4. The third kappa shape index (κ3) is 3.65. The summed E-state index contributed by atoms with van der Waals surface area (Å²) in [5.41, 5.74) is 1.65. The molecule has 1 amide bonds. The fourth-order valence-corrected chi connectivity index (χ4v) is 1.90. The fourth-order valence-electron chi connectivity index (χ4n) is 1.90. The average Bonchev–Trinajstić information content (AvgIpc) is 2.43. The van der Waals surface area contributed by atoms with Crippen molar-refractivity contribution in [3.63, 3.8) is 0 Å². The van der Waals surface area contributed by atoms with Crippen LogP contribution in [0.2, 0.25) is 0 Å². The number of aliphatic hydroxyl groups excluding tert-OH is 1. The molecule has 0 bridgehead atoms. The van der Waals surface area contributed by atoms with Gasteiger partial charge in [-0.3, -0.25) is 4.79 Å². The number of benzene rings is 2. The maximum absolute atomic E-state index is 13.5. The molecule has 0 aliphatic heterocycles. The highest BCUT2D eigenvalue weighted by Gasteiger charge is 2.14. The molecule has 2 aromatic carbocycles. The minimum atomic E-state index is -0.899. The average molecular weight is 273 g/mol. The molecule has 0 saturated carbocycles. The van der Waals surface area contributed by atoms with Crippen LogP contribution in [0.3, 0.4) is 0 Å². The normalized spacial score (nSPS) is 11.9. The summed E-state index contributed by atoms with van der Waals surface area (Å²) in [4.78, 5) is 11.8. The number of carbonyl (C=O) groups excluding carboxylic acids is 1. The molecule has 0 saturated heterocycles. The van der Waals surface area contributed by atoms with E-state index in [1.54, 1.807) is 36.4 Å². The van der Waals surface area contributed by atoms with Gasteiger partial charge in [-0.2, -0.15) is 0 Å². The first-order valence-electron chi connectivity index (χ1n) is 6.35. The summed E-state index contributed by atoms with van der Waals surface area (Å²) in [6, 6.07) is 13.4. The van der Waals surface area contributed by atoms with Gasteiger partial charge in [0.05, 0.1) is 18.2 Å². The predicted octanol–water partition coefficient (Wildman–Crippen LogP) is 3.20. The van der Waals surface area contributed by atoms with E-state index >= 15 is 0 Å². The molecule has 0 spiro atoms. The molecule has 0 aliphatic rings. The number of hydrogen-bond donors (Lipinski definition) is 2. The van der Waals surface area contributed by atoms with Crippen LogP contribution in [-0.2, 0) is 4.79 Å². The van der Waals surface area contributed by atoms with Crippen molar-refractivity contribution in [2.24, 2.45) is 0 Å². The highest BCUT2D eigenvalue weighted by atomic mass is 19.1. The summed E-state index contributed by atoms with van der Waals surface area (Å²) in [6.07, 6.45) is -1.01. The fraction of sp³-hybridized carbons (Fsp3) is 0.188. The van der Waals surface area contributed by atoms with Crippen molar-refractivity contribution in [3.8, 4) is 0 Å². The van der Waals surface area contributed by atoms with E-state index in [4.69, 9.17) is 0 Å². The van der Waals surface area contributed by atoms with Crippen molar-refractivity contribution in [3.05, 3.63) is 65.5 Å². The molecule has 0 aliphatic carbocycles. The topological polar surface area (TPSA) is 49.3 Å². The van der Waals surface area contributed by atoms with Crippen LogP contribution in [0.15, 0.2) is 48.5 Å². The summed E-state index contributed by atoms with van der Waals surface area (Å²) in [5.74, 6) is -0.913. The number of aryl methyl sites for hydroxylation is 1. The standard InChI is InChI=1S/C16H16FNO2/c1-11-7-8-13(17)14(9-11)18-16(20)10-15(19)12-5-3-2-4-6-12/h2-9,15,19H,10H2,1H3,(H,18,20). The SMILES string of the molecule is Cc1ccc(F)c(NC(=O)CC(O)c2ccccc2)c1. The van der Waals surface area contributed by atoms with E-state index in [1.807, 2.05) is 13.0 Å². The van der Waals surface area contributed by atoms with Crippen LogP contribution in [0.5, 0.6) is 0 Å².